The standard InChI is InChI=1S/C22H33N3O3/c1-14-11-24(21(26)28-22(3,4)5)12-18-10-17-8-9-19(23-20(17)25(14)18)15(2)27-13-16-6-7-16/h8-9,14-16,18H,6-7,10-13H2,1-5H3/t14-,15+,18-/m1/s1. The normalized spacial score (nSPS) is 25.3. The van der Waals surface area contributed by atoms with E-state index < -0.39 is 5.60 Å². The molecule has 28 heavy (non-hydrogen) atoms. The molecule has 4 rings (SSSR count). The third kappa shape index (κ3) is 4.12. The molecule has 0 aromatic carbocycles. The Morgan fingerprint density at radius 3 is 2.71 bits per heavy atom. The number of hydrogen-bond donors (Lipinski definition) is 0. The minimum atomic E-state index is -0.469. The van der Waals surface area contributed by atoms with Crippen LogP contribution < -0.4 is 4.90 Å². The van der Waals surface area contributed by atoms with Crippen LogP contribution in [0, 0.1) is 5.92 Å². The Balaban J connectivity index is 1.46. The molecule has 6 nitrogen and oxygen atoms in total. The van der Waals surface area contributed by atoms with Crippen LogP contribution in [0.3, 0.4) is 0 Å². The van der Waals surface area contributed by atoms with Gasteiger partial charge in [0.1, 0.15) is 11.4 Å². The zero-order chi connectivity index (χ0) is 20.1. The number of anilines is 1. The third-order valence-electron chi connectivity index (χ3n) is 5.81. The van der Waals surface area contributed by atoms with Gasteiger partial charge in [0.2, 0.25) is 0 Å². The number of carbonyl (C=O) groups excluding carboxylic acids is 1. The maximum absolute atomic E-state index is 12.5. The molecule has 1 aromatic rings. The molecular weight excluding hydrogens is 354 g/mol. The van der Waals surface area contributed by atoms with Crippen molar-refractivity contribution in [1.29, 1.82) is 0 Å². The third-order valence-corrected chi connectivity index (χ3v) is 5.81. The van der Waals surface area contributed by atoms with E-state index in [0.29, 0.717) is 13.1 Å². The molecule has 0 spiro atoms. The number of nitrogens with zero attached hydrogens (tertiary/aromatic N) is 3. The van der Waals surface area contributed by atoms with Crippen molar-refractivity contribution >= 4 is 11.9 Å². The highest BCUT2D eigenvalue weighted by molar-refractivity contribution is 5.69. The molecule has 154 valence electrons. The molecule has 1 aromatic heterocycles. The fourth-order valence-electron chi connectivity index (χ4n) is 4.21. The van der Waals surface area contributed by atoms with E-state index in [-0.39, 0.29) is 24.3 Å². The summed E-state index contributed by atoms with van der Waals surface area (Å²) in [6, 6.07) is 4.76. The first-order chi connectivity index (χ1) is 13.2. The largest absolute Gasteiger partial charge is 0.444 e. The maximum Gasteiger partial charge on any atom is 0.410 e. The lowest BCUT2D eigenvalue weighted by Crippen LogP contribution is -2.58. The maximum atomic E-state index is 12.5. The molecule has 0 radical (unpaired) electrons. The topological polar surface area (TPSA) is 54.9 Å². The van der Waals surface area contributed by atoms with E-state index in [1.165, 1.54) is 18.4 Å². The molecule has 3 atom stereocenters. The minimum Gasteiger partial charge on any atom is -0.444 e. The van der Waals surface area contributed by atoms with E-state index in [2.05, 4.69) is 30.9 Å². The van der Waals surface area contributed by atoms with Gasteiger partial charge in [-0.2, -0.15) is 0 Å². The molecule has 1 saturated heterocycles. The predicted octanol–water partition coefficient (Wildman–Crippen LogP) is 3.94. The highest BCUT2D eigenvalue weighted by atomic mass is 16.6. The Morgan fingerprint density at radius 1 is 1.29 bits per heavy atom. The van der Waals surface area contributed by atoms with E-state index in [1.807, 2.05) is 25.7 Å². The summed E-state index contributed by atoms with van der Waals surface area (Å²) >= 11 is 0. The fraction of sp³-hybridized carbons (Fsp3) is 0.727. The zero-order valence-electron chi connectivity index (χ0n) is 17.8. The van der Waals surface area contributed by atoms with Gasteiger partial charge in [-0.05, 0) is 71.4 Å². The fourth-order valence-corrected chi connectivity index (χ4v) is 4.21. The zero-order valence-corrected chi connectivity index (χ0v) is 17.8. The van der Waals surface area contributed by atoms with Crippen LogP contribution in [-0.2, 0) is 15.9 Å². The summed E-state index contributed by atoms with van der Waals surface area (Å²) in [5.41, 5.74) is 1.80. The Kier molecular flexibility index (Phi) is 5.02. The van der Waals surface area contributed by atoms with E-state index in [4.69, 9.17) is 14.5 Å². The van der Waals surface area contributed by atoms with Crippen molar-refractivity contribution in [1.82, 2.24) is 9.88 Å². The molecule has 2 aliphatic heterocycles. The number of carbonyl (C=O) groups is 1. The monoisotopic (exact) mass is 387 g/mol. The van der Waals surface area contributed by atoms with Crippen molar-refractivity contribution in [2.45, 2.75) is 77.7 Å². The number of aromatic nitrogens is 1. The summed E-state index contributed by atoms with van der Waals surface area (Å²) in [5, 5.41) is 0. The van der Waals surface area contributed by atoms with Crippen LogP contribution >= 0.6 is 0 Å². The van der Waals surface area contributed by atoms with Crippen molar-refractivity contribution in [2.75, 3.05) is 24.6 Å². The molecule has 3 heterocycles. The summed E-state index contributed by atoms with van der Waals surface area (Å²) in [7, 11) is 0. The second kappa shape index (κ2) is 7.21. The van der Waals surface area contributed by atoms with Gasteiger partial charge in [0.15, 0.2) is 0 Å². The first-order valence-electron chi connectivity index (χ1n) is 10.6. The van der Waals surface area contributed by atoms with Gasteiger partial charge in [0, 0.05) is 19.1 Å². The quantitative estimate of drug-likeness (QED) is 0.783. The van der Waals surface area contributed by atoms with Gasteiger partial charge in [-0.3, -0.25) is 0 Å². The van der Waals surface area contributed by atoms with Crippen LogP contribution in [0.15, 0.2) is 12.1 Å². The summed E-state index contributed by atoms with van der Waals surface area (Å²) in [6.07, 6.45) is 3.31. The lowest BCUT2D eigenvalue weighted by Gasteiger charge is -2.43. The van der Waals surface area contributed by atoms with Gasteiger partial charge in [-0.1, -0.05) is 6.07 Å². The molecule has 1 saturated carbocycles. The average molecular weight is 388 g/mol. The Hall–Kier alpha value is -1.82. The number of hydrogen-bond acceptors (Lipinski definition) is 5. The minimum absolute atomic E-state index is 0.0170. The second-order valence-electron chi connectivity index (χ2n) is 9.64. The van der Waals surface area contributed by atoms with Crippen molar-refractivity contribution in [2.24, 2.45) is 5.92 Å². The van der Waals surface area contributed by atoms with Gasteiger partial charge in [0.25, 0.3) is 0 Å². The van der Waals surface area contributed by atoms with Crippen molar-refractivity contribution in [3.8, 4) is 0 Å². The van der Waals surface area contributed by atoms with Crippen LogP contribution in [0.25, 0.3) is 0 Å². The Labute approximate surface area is 168 Å². The van der Waals surface area contributed by atoms with Crippen molar-refractivity contribution < 1.29 is 14.3 Å². The molecule has 3 aliphatic rings. The van der Waals surface area contributed by atoms with Crippen LogP contribution in [0.1, 0.15) is 64.8 Å². The first kappa shape index (κ1) is 19.5. The number of fused-ring (bicyclic) bond motifs is 3. The van der Waals surface area contributed by atoms with E-state index in [0.717, 1.165) is 30.5 Å². The molecule has 0 N–H and O–H groups in total. The van der Waals surface area contributed by atoms with Gasteiger partial charge in [-0.15, -0.1) is 0 Å². The van der Waals surface area contributed by atoms with Crippen LogP contribution in [0.4, 0.5) is 10.6 Å². The highest BCUT2D eigenvalue weighted by Crippen LogP contribution is 2.37. The van der Waals surface area contributed by atoms with Crippen molar-refractivity contribution in [3.05, 3.63) is 23.4 Å². The average Bonchev–Trinajstić information content (AvgIpc) is 3.36. The Morgan fingerprint density at radius 2 is 2.04 bits per heavy atom. The van der Waals surface area contributed by atoms with Gasteiger partial charge in [0.05, 0.1) is 24.4 Å². The predicted molar refractivity (Wildman–Crippen MR) is 109 cm³/mol. The molecular formula is C22H33N3O3. The molecule has 6 heteroatoms. The first-order valence-corrected chi connectivity index (χ1v) is 10.6. The summed E-state index contributed by atoms with van der Waals surface area (Å²) < 4.78 is 11.6. The number of rotatable bonds is 4. The molecule has 0 bridgehead atoms. The summed E-state index contributed by atoms with van der Waals surface area (Å²) in [6.45, 7) is 12.2. The number of pyridine rings is 1. The van der Waals surface area contributed by atoms with E-state index >= 15 is 0 Å². The van der Waals surface area contributed by atoms with Gasteiger partial charge < -0.3 is 19.3 Å². The van der Waals surface area contributed by atoms with E-state index in [1.54, 1.807) is 0 Å². The molecule has 1 amide bonds. The van der Waals surface area contributed by atoms with Crippen LogP contribution in [-0.4, -0.2) is 53.4 Å². The van der Waals surface area contributed by atoms with Crippen LogP contribution in [0.2, 0.25) is 0 Å². The molecule has 1 aliphatic carbocycles. The SMILES string of the molecule is C[C@H](OCC1CC1)c1ccc2c(n1)N1[C@H](C2)CN(C(=O)OC(C)(C)C)C[C@H]1C. The van der Waals surface area contributed by atoms with Crippen LogP contribution in [0.5, 0.6) is 0 Å². The summed E-state index contributed by atoms with van der Waals surface area (Å²) in [5.74, 6) is 1.82. The van der Waals surface area contributed by atoms with Gasteiger partial charge >= 0.3 is 6.09 Å². The molecule has 2 fully saturated rings. The molecule has 0 unspecified atom stereocenters. The highest BCUT2D eigenvalue weighted by Gasteiger charge is 2.41. The van der Waals surface area contributed by atoms with Crippen molar-refractivity contribution in [3.63, 3.8) is 0 Å². The van der Waals surface area contributed by atoms with Gasteiger partial charge in [-0.25, -0.2) is 9.78 Å². The second-order valence-corrected chi connectivity index (χ2v) is 9.64. The lowest BCUT2D eigenvalue weighted by molar-refractivity contribution is 0.0191. The number of ether oxygens (including phenoxy) is 2. The number of amides is 1. The lowest BCUT2D eigenvalue weighted by atomic mass is 10.1. The number of piperazine rings is 1. The van der Waals surface area contributed by atoms with E-state index in [9.17, 15) is 4.79 Å². The Bertz CT molecular complexity index is 741. The summed E-state index contributed by atoms with van der Waals surface area (Å²) in [4.78, 5) is 21.8. The smallest absolute Gasteiger partial charge is 0.410 e.